The van der Waals surface area contributed by atoms with Gasteiger partial charge in [0.25, 0.3) is 0 Å². The molecule has 4 atom stereocenters. The fourth-order valence-electron chi connectivity index (χ4n) is 8.48. The number of piperidine rings is 1. The van der Waals surface area contributed by atoms with Gasteiger partial charge in [0, 0.05) is 35.8 Å². The number of hydrogen-bond donors (Lipinski definition) is 3. The summed E-state index contributed by atoms with van der Waals surface area (Å²) in [5, 5.41) is 24.0. The second-order valence-electron chi connectivity index (χ2n) is 12.8. The first-order chi connectivity index (χ1) is 17.9. The molecule has 192 valence electrons. The summed E-state index contributed by atoms with van der Waals surface area (Å²) in [6.45, 7) is 6.57. The van der Waals surface area contributed by atoms with E-state index in [1.807, 2.05) is 0 Å². The molecule has 0 unspecified atom stereocenters. The number of aromatic nitrogens is 1. The van der Waals surface area contributed by atoms with Crippen LogP contribution in [0.15, 0.2) is 42.5 Å². The minimum atomic E-state index is -0.954. The number of fused-ring (bicyclic) bond motifs is 2. The smallest absolute Gasteiger partial charge is 0.166 e. The Morgan fingerprint density at radius 3 is 2.70 bits per heavy atom. The summed E-state index contributed by atoms with van der Waals surface area (Å²) in [7, 11) is 0. The third-order valence-corrected chi connectivity index (χ3v) is 10.1. The molecule has 2 aliphatic heterocycles. The van der Waals surface area contributed by atoms with Crippen LogP contribution in [0, 0.1) is 11.8 Å². The first-order valence-corrected chi connectivity index (χ1v) is 14.2. The topological polar surface area (TPSA) is 68.7 Å². The van der Waals surface area contributed by atoms with E-state index in [0.717, 1.165) is 49.5 Å². The van der Waals surface area contributed by atoms with E-state index in [9.17, 15) is 10.2 Å². The molecular weight excluding hydrogens is 460 g/mol. The first-order valence-electron chi connectivity index (χ1n) is 14.2. The number of likely N-dealkylation sites (tertiary alicyclic amines) is 1. The summed E-state index contributed by atoms with van der Waals surface area (Å²) in [6.07, 6.45) is 5.51. The number of ether oxygens (including phenoxy) is 1. The Morgan fingerprint density at radius 2 is 1.95 bits per heavy atom. The van der Waals surface area contributed by atoms with Crippen molar-refractivity contribution in [2.24, 2.45) is 11.8 Å². The molecule has 1 saturated carbocycles. The molecule has 1 spiro atoms. The average Bonchev–Trinajstić information content (AvgIpc) is 3.52. The van der Waals surface area contributed by atoms with E-state index < -0.39 is 11.0 Å². The summed E-state index contributed by atoms with van der Waals surface area (Å²) >= 11 is 0. The van der Waals surface area contributed by atoms with Gasteiger partial charge < -0.3 is 19.9 Å². The van der Waals surface area contributed by atoms with E-state index in [4.69, 9.17) is 4.74 Å². The number of phenols is 1. The van der Waals surface area contributed by atoms with Crippen LogP contribution in [0.25, 0.3) is 11.1 Å². The van der Waals surface area contributed by atoms with E-state index in [2.05, 4.69) is 60.1 Å². The molecule has 8 rings (SSSR count). The van der Waals surface area contributed by atoms with Crippen molar-refractivity contribution in [1.29, 1.82) is 0 Å². The van der Waals surface area contributed by atoms with Crippen molar-refractivity contribution in [2.45, 2.75) is 75.5 Å². The van der Waals surface area contributed by atoms with Crippen LogP contribution in [0.2, 0.25) is 0 Å². The van der Waals surface area contributed by atoms with Gasteiger partial charge in [-0.3, -0.25) is 4.90 Å². The largest absolute Gasteiger partial charge is 0.504 e. The van der Waals surface area contributed by atoms with Gasteiger partial charge in [-0.25, -0.2) is 0 Å². The zero-order valence-corrected chi connectivity index (χ0v) is 21.8. The SMILES string of the molecule is CC(C)Cc1[nH]c2c(c1-c1ccccc1)C[C@@]1(O)[C@@H]3Cc4ccc(O)c5c4[C@@]1(CCN3CC1CC1)[C@H]2O5. The molecule has 0 amide bonds. The standard InChI is InChI=1S/C32H36N2O3/c1-18(2)14-23-26(20-6-4-3-5-7-20)22-16-32(36)25-15-21-10-11-24(35)29-27(21)31(32,30(37-29)28(22)33-23)12-13-34(25)17-19-8-9-19/h3-7,10-11,18-19,25,30,33,35-36H,8-9,12-17H2,1-2H3/t25-,30-,31-,32+/m0/s1. The highest BCUT2D eigenvalue weighted by molar-refractivity contribution is 5.75. The summed E-state index contributed by atoms with van der Waals surface area (Å²) in [4.78, 5) is 6.46. The number of H-pyrrole nitrogens is 1. The highest BCUT2D eigenvalue weighted by atomic mass is 16.5. The molecule has 0 radical (unpaired) electrons. The fourth-order valence-corrected chi connectivity index (χ4v) is 8.48. The van der Waals surface area contributed by atoms with Crippen molar-refractivity contribution >= 4 is 0 Å². The predicted molar refractivity (Wildman–Crippen MR) is 143 cm³/mol. The maximum atomic E-state index is 13.1. The molecule has 1 saturated heterocycles. The Balaban J connectivity index is 1.38. The average molecular weight is 497 g/mol. The predicted octanol–water partition coefficient (Wildman–Crippen LogP) is 5.28. The molecule has 2 bridgehead atoms. The van der Waals surface area contributed by atoms with Gasteiger partial charge in [0.2, 0.25) is 0 Å². The highest BCUT2D eigenvalue weighted by Gasteiger charge is 2.73. The van der Waals surface area contributed by atoms with Gasteiger partial charge in [0.15, 0.2) is 17.6 Å². The van der Waals surface area contributed by atoms with Gasteiger partial charge in [-0.05, 0) is 73.2 Å². The van der Waals surface area contributed by atoms with Crippen LogP contribution in [0.1, 0.15) is 67.3 Å². The maximum Gasteiger partial charge on any atom is 0.166 e. The number of nitrogens with one attached hydrogen (secondary N) is 1. The second kappa shape index (κ2) is 7.42. The number of rotatable bonds is 5. The number of aromatic amines is 1. The van der Waals surface area contributed by atoms with Crippen molar-refractivity contribution in [1.82, 2.24) is 9.88 Å². The highest BCUT2D eigenvalue weighted by Crippen LogP contribution is 2.69. The third kappa shape index (κ3) is 2.82. The van der Waals surface area contributed by atoms with Gasteiger partial charge in [0.05, 0.1) is 16.7 Å². The van der Waals surface area contributed by atoms with Gasteiger partial charge in [-0.2, -0.15) is 0 Å². The Morgan fingerprint density at radius 1 is 1.14 bits per heavy atom. The molecular formula is C32H36N2O3. The number of benzene rings is 2. The zero-order valence-electron chi connectivity index (χ0n) is 21.8. The van der Waals surface area contributed by atoms with Gasteiger partial charge in [-0.15, -0.1) is 0 Å². The monoisotopic (exact) mass is 496 g/mol. The number of phenolic OH excluding ortho intramolecular Hbond substituents is 1. The van der Waals surface area contributed by atoms with Crippen LogP contribution >= 0.6 is 0 Å². The summed E-state index contributed by atoms with van der Waals surface area (Å²) in [5.74, 6) is 2.07. The molecule has 5 nitrogen and oxygen atoms in total. The van der Waals surface area contributed by atoms with E-state index in [0.29, 0.717) is 18.1 Å². The summed E-state index contributed by atoms with van der Waals surface area (Å²) in [6, 6.07) is 14.6. The lowest BCUT2D eigenvalue weighted by atomic mass is 9.49. The van der Waals surface area contributed by atoms with Crippen LogP contribution in [-0.2, 0) is 24.7 Å². The van der Waals surface area contributed by atoms with Crippen LogP contribution in [0.4, 0.5) is 0 Å². The number of aromatic hydroxyl groups is 1. The van der Waals surface area contributed by atoms with Gasteiger partial charge in [0.1, 0.15) is 0 Å². The second-order valence-corrected chi connectivity index (χ2v) is 12.8. The lowest BCUT2D eigenvalue weighted by Gasteiger charge is -2.62. The Hall–Kier alpha value is -2.76. The Labute approximate surface area is 218 Å². The van der Waals surface area contributed by atoms with Crippen molar-refractivity contribution in [3.63, 3.8) is 0 Å². The van der Waals surface area contributed by atoms with Crippen LogP contribution < -0.4 is 4.74 Å². The van der Waals surface area contributed by atoms with E-state index in [-0.39, 0.29) is 17.9 Å². The zero-order chi connectivity index (χ0) is 25.1. The minimum absolute atomic E-state index is 0.0520. The molecule has 3 N–H and O–H groups in total. The molecule has 3 aliphatic carbocycles. The Kier molecular flexibility index (Phi) is 4.46. The summed E-state index contributed by atoms with van der Waals surface area (Å²) in [5.41, 5.74) is 6.82. The first kappa shape index (κ1) is 22.2. The van der Waals surface area contributed by atoms with E-state index >= 15 is 0 Å². The lowest BCUT2D eigenvalue weighted by molar-refractivity contribution is -0.173. The number of aliphatic hydroxyl groups is 1. The van der Waals surface area contributed by atoms with E-state index in [1.54, 1.807) is 6.07 Å². The Bertz CT molecular complexity index is 1410. The van der Waals surface area contributed by atoms with Crippen LogP contribution in [0.3, 0.4) is 0 Å². The van der Waals surface area contributed by atoms with Crippen molar-refractivity contribution < 1.29 is 14.9 Å². The fraction of sp³-hybridized carbons (Fsp3) is 0.500. The summed E-state index contributed by atoms with van der Waals surface area (Å²) < 4.78 is 6.78. The van der Waals surface area contributed by atoms with Crippen molar-refractivity contribution in [3.05, 3.63) is 70.5 Å². The molecule has 5 aliphatic rings. The normalized spacial score (nSPS) is 31.2. The van der Waals surface area contributed by atoms with Crippen LogP contribution in [0.5, 0.6) is 11.5 Å². The minimum Gasteiger partial charge on any atom is -0.504 e. The molecule has 5 heteroatoms. The van der Waals surface area contributed by atoms with Gasteiger partial charge in [-0.1, -0.05) is 50.2 Å². The van der Waals surface area contributed by atoms with Crippen LogP contribution in [-0.4, -0.2) is 44.8 Å². The molecule has 1 aromatic heterocycles. The van der Waals surface area contributed by atoms with E-state index in [1.165, 1.54) is 40.8 Å². The molecule has 37 heavy (non-hydrogen) atoms. The molecule has 2 fully saturated rings. The van der Waals surface area contributed by atoms with Crippen molar-refractivity contribution in [2.75, 3.05) is 13.1 Å². The van der Waals surface area contributed by atoms with Crippen molar-refractivity contribution in [3.8, 4) is 22.6 Å². The molecule has 3 aromatic rings. The quantitative estimate of drug-likeness (QED) is 0.449. The third-order valence-electron chi connectivity index (χ3n) is 10.1. The maximum absolute atomic E-state index is 13.1. The van der Waals surface area contributed by atoms with Gasteiger partial charge >= 0.3 is 0 Å². The number of nitrogens with zero attached hydrogens (tertiary/aromatic N) is 1. The molecule has 3 heterocycles. The molecule has 2 aromatic carbocycles. The number of hydrogen-bond acceptors (Lipinski definition) is 4. The lowest BCUT2D eigenvalue weighted by Crippen LogP contribution is -2.74.